The SMILES string of the molecule is CC(=O)c1cccc(NC(=O)CN2CCC(CN)C2)c1.Cl. The minimum Gasteiger partial charge on any atom is -0.330 e. The Hall–Kier alpha value is -1.43. The number of halogens is 1. The third-order valence-corrected chi connectivity index (χ3v) is 3.62. The number of carbonyl (C=O) groups excluding carboxylic acids is 2. The van der Waals surface area contributed by atoms with Gasteiger partial charge in [0.2, 0.25) is 5.91 Å². The fraction of sp³-hybridized carbons (Fsp3) is 0.467. The van der Waals surface area contributed by atoms with Crippen LogP contribution in [0.15, 0.2) is 24.3 Å². The molecular formula is C15H22ClN3O2. The van der Waals surface area contributed by atoms with Crippen molar-refractivity contribution in [1.29, 1.82) is 0 Å². The third kappa shape index (κ3) is 5.12. The van der Waals surface area contributed by atoms with E-state index in [-0.39, 0.29) is 24.1 Å². The first-order valence-electron chi connectivity index (χ1n) is 6.91. The molecule has 0 radical (unpaired) electrons. The van der Waals surface area contributed by atoms with Crippen LogP contribution < -0.4 is 11.1 Å². The van der Waals surface area contributed by atoms with E-state index >= 15 is 0 Å². The maximum absolute atomic E-state index is 12.0. The van der Waals surface area contributed by atoms with E-state index in [1.165, 1.54) is 6.92 Å². The van der Waals surface area contributed by atoms with Crippen molar-refractivity contribution < 1.29 is 9.59 Å². The predicted octanol–water partition coefficient (Wildman–Crippen LogP) is 1.53. The molecule has 1 aliphatic rings. The molecule has 5 nitrogen and oxygen atoms in total. The lowest BCUT2D eigenvalue weighted by Crippen LogP contribution is -2.32. The Morgan fingerprint density at radius 1 is 1.43 bits per heavy atom. The quantitative estimate of drug-likeness (QED) is 0.809. The van der Waals surface area contributed by atoms with Crippen LogP contribution >= 0.6 is 12.4 Å². The number of hydrogen-bond acceptors (Lipinski definition) is 4. The first-order chi connectivity index (χ1) is 9.58. The molecule has 116 valence electrons. The number of amides is 1. The first-order valence-corrected chi connectivity index (χ1v) is 6.91. The predicted molar refractivity (Wildman–Crippen MR) is 85.9 cm³/mol. The molecular weight excluding hydrogens is 290 g/mol. The molecule has 3 N–H and O–H groups in total. The van der Waals surface area contributed by atoms with Gasteiger partial charge in [-0.25, -0.2) is 0 Å². The molecule has 1 heterocycles. The zero-order chi connectivity index (χ0) is 14.5. The Morgan fingerprint density at radius 2 is 2.19 bits per heavy atom. The van der Waals surface area contributed by atoms with Crippen molar-refractivity contribution in [2.45, 2.75) is 13.3 Å². The molecule has 0 bridgehead atoms. The van der Waals surface area contributed by atoms with E-state index in [1.54, 1.807) is 24.3 Å². The Bertz CT molecular complexity index is 507. The van der Waals surface area contributed by atoms with Crippen molar-refractivity contribution in [3.05, 3.63) is 29.8 Å². The van der Waals surface area contributed by atoms with Gasteiger partial charge < -0.3 is 11.1 Å². The summed E-state index contributed by atoms with van der Waals surface area (Å²) in [6.45, 7) is 4.37. The molecule has 6 heteroatoms. The standard InChI is InChI=1S/C15H21N3O2.ClH/c1-11(19)13-3-2-4-14(7-13)17-15(20)10-18-6-5-12(8-16)9-18;/h2-4,7,12H,5-6,8-10,16H2,1H3,(H,17,20);1H. The van der Waals surface area contributed by atoms with E-state index in [1.807, 2.05) is 0 Å². The normalized spacial score (nSPS) is 18.1. The minimum absolute atomic E-state index is 0. The average molecular weight is 312 g/mol. The summed E-state index contributed by atoms with van der Waals surface area (Å²) < 4.78 is 0. The van der Waals surface area contributed by atoms with Gasteiger partial charge in [-0.05, 0) is 44.5 Å². The number of rotatable bonds is 5. The summed E-state index contributed by atoms with van der Waals surface area (Å²) in [5, 5.41) is 2.83. The van der Waals surface area contributed by atoms with E-state index in [0.29, 0.717) is 30.3 Å². The number of ketones is 1. The number of anilines is 1. The summed E-state index contributed by atoms with van der Waals surface area (Å²) in [6.07, 6.45) is 1.06. The molecule has 2 rings (SSSR count). The Labute approximate surface area is 131 Å². The zero-order valence-electron chi connectivity index (χ0n) is 12.2. The zero-order valence-corrected chi connectivity index (χ0v) is 13.0. The number of nitrogens with one attached hydrogen (secondary N) is 1. The first kappa shape index (κ1) is 17.6. The van der Waals surface area contributed by atoms with Crippen LogP contribution in [-0.2, 0) is 4.79 Å². The number of Topliss-reactive ketones (excluding diaryl/α,β-unsaturated/α-hetero) is 1. The number of nitrogens with zero attached hydrogens (tertiary/aromatic N) is 1. The third-order valence-electron chi connectivity index (χ3n) is 3.62. The van der Waals surface area contributed by atoms with Crippen molar-refractivity contribution in [2.75, 3.05) is 31.5 Å². The number of nitrogens with two attached hydrogens (primary N) is 1. The second-order valence-corrected chi connectivity index (χ2v) is 5.31. The van der Waals surface area contributed by atoms with Crippen molar-refractivity contribution in [2.24, 2.45) is 11.7 Å². The maximum atomic E-state index is 12.0. The Balaban J connectivity index is 0.00000220. The molecule has 1 aromatic carbocycles. The summed E-state index contributed by atoms with van der Waals surface area (Å²) in [5.74, 6) is 0.443. The van der Waals surface area contributed by atoms with Gasteiger partial charge in [-0.1, -0.05) is 12.1 Å². The molecule has 1 saturated heterocycles. The average Bonchev–Trinajstić information content (AvgIpc) is 2.86. The summed E-state index contributed by atoms with van der Waals surface area (Å²) in [6, 6.07) is 7.00. The van der Waals surface area contributed by atoms with Crippen molar-refractivity contribution >= 4 is 29.8 Å². The molecule has 0 spiro atoms. The lowest BCUT2D eigenvalue weighted by Gasteiger charge is -2.15. The van der Waals surface area contributed by atoms with Gasteiger partial charge in [0.05, 0.1) is 6.54 Å². The fourth-order valence-electron chi connectivity index (χ4n) is 2.47. The van der Waals surface area contributed by atoms with E-state index in [0.717, 1.165) is 19.5 Å². The van der Waals surface area contributed by atoms with Crippen LogP contribution in [0.3, 0.4) is 0 Å². The molecule has 1 aromatic rings. The Morgan fingerprint density at radius 3 is 2.81 bits per heavy atom. The van der Waals surface area contributed by atoms with Crippen LogP contribution in [0, 0.1) is 5.92 Å². The topological polar surface area (TPSA) is 75.4 Å². The largest absolute Gasteiger partial charge is 0.330 e. The monoisotopic (exact) mass is 311 g/mol. The van der Waals surface area contributed by atoms with Crippen LogP contribution in [0.4, 0.5) is 5.69 Å². The molecule has 1 unspecified atom stereocenters. The molecule has 0 saturated carbocycles. The van der Waals surface area contributed by atoms with Crippen LogP contribution in [0.5, 0.6) is 0 Å². The summed E-state index contributed by atoms with van der Waals surface area (Å²) in [7, 11) is 0. The van der Waals surface area contributed by atoms with Crippen molar-refractivity contribution in [3.63, 3.8) is 0 Å². The molecule has 1 fully saturated rings. The number of carbonyl (C=O) groups is 2. The summed E-state index contributed by atoms with van der Waals surface area (Å²) in [5.41, 5.74) is 6.90. The molecule has 1 aliphatic heterocycles. The van der Waals surface area contributed by atoms with Crippen LogP contribution in [0.25, 0.3) is 0 Å². The lowest BCUT2D eigenvalue weighted by atomic mass is 10.1. The lowest BCUT2D eigenvalue weighted by molar-refractivity contribution is -0.117. The molecule has 0 aromatic heterocycles. The van der Waals surface area contributed by atoms with E-state index in [2.05, 4.69) is 10.2 Å². The highest BCUT2D eigenvalue weighted by Gasteiger charge is 2.22. The number of likely N-dealkylation sites (tertiary alicyclic amines) is 1. The van der Waals surface area contributed by atoms with E-state index in [9.17, 15) is 9.59 Å². The molecule has 1 amide bonds. The Kier molecular flexibility index (Phi) is 6.81. The fourth-order valence-corrected chi connectivity index (χ4v) is 2.47. The van der Waals surface area contributed by atoms with Gasteiger partial charge in [0.25, 0.3) is 0 Å². The van der Waals surface area contributed by atoms with Crippen LogP contribution in [0.2, 0.25) is 0 Å². The van der Waals surface area contributed by atoms with Crippen LogP contribution in [-0.4, -0.2) is 42.8 Å². The van der Waals surface area contributed by atoms with Gasteiger partial charge in [-0.2, -0.15) is 0 Å². The van der Waals surface area contributed by atoms with Crippen molar-refractivity contribution in [1.82, 2.24) is 4.90 Å². The number of benzene rings is 1. The highest BCUT2D eigenvalue weighted by molar-refractivity contribution is 5.97. The highest BCUT2D eigenvalue weighted by atomic mass is 35.5. The van der Waals surface area contributed by atoms with E-state index in [4.69, 9.17) is 5.73 Å². The number of hydrogen-bond donors (Lipinski definition) is 2. The van der Waals surface area contributed by atoms with Gasteiger partial charge in [-0.15, -0.1) is 12.4 Å². The highest BCUT2D eigenvalue weighted by Crippen LogP contribution is 2.15. The van der Waals surface area contributed by atoms with Gasteiger partial charge >= 0.3 is 0 Å². The minimum atomic E-state index is -0.0524. The summed E-state index contributed by atoms with van der Waals surface area (Å²) >= 11 is 0. The smallest absolute Gasteiger partial charge is 0.238 e. The van der Waals surface area contributed by atoms with Crippen LogP contribution in [0.1, 0.15) is 23.7 Å². The summed E-state index contributed by atoms with van der Waals surface area (Å²) in [4.78, 5) is 25.4. The molecule has 21 heavy (non-hydrogen) atoms. The van der Waals surface area contributed by atoms with Crippen molar-refractivity contribution in [3.8, 4) is 0 Å². The molecule has 0 aliphatic carbocycles. The second kappa shape index (κ2) is 8.12. The van der Waals surface area contributed by atoms with Gasteiger partial charge in [0, 0.05) is 17.8 Å². The van der Waals surface area contributed by atoms with Gasteiger partial charge in [-0.3, -0.25) is 14.5 Å². The molecule has 1 atom stereocenters. The van der Waals surface area contributed by atoms with Gasteiger partial charge in [0.15, 0.2) is 5.78 Å². The maximum Gasteiger partial charge on any atom is 0.238 e. The van der Waals surface area contributed by atoms with E-state index < -0.39 is 0 Å². The second-order valence-electron chi connectivity index (χ2n) is 5.31. The van der Waals surface area contributed by atoms with Gasteiger partial charge in [0.1, 0.15) is 0 Å².